The molecule has 1 aliphatic rings. The van der Waals surface area contributed by atoms with Gasteiger partial charge < -0.3 is 5.32 Å². The van der Waals surface area contributed by atoms with Crippen LogP contribution in [0.25, 0.3) is 0 Å². The first kappa shape index (κ1) is 16.2. The number of nitrogens with one attached hydrogen (secondary N) is 1. The monoisotopic (exact) mass is 341 g/mol. The smallest absolute Gasteiger partial charge is 0.271 e. The largest absolute Gasteiger partial charge is 0.321 e. The Balaban J connectivity index is 1.83. The first-order chi connectivity index (χ1) is 11.5. The van der Waals surface area contributed by atoms with E-state index in [0.29, 0.717) is 28.5 Å². The fourth-order valence-electron chi connectivity index (χ4n) is 2.45. The van der Waals surface area contributed by atoms with Crippen LogP contribution in [0, 0.1) is 6.92 Å². The fourth-order valence-corrected chi connectivity index (χ4v) is 2.64. The molecule has 122 valence electrons. The van der Waals surface area contributed by atoms with Crippen molar-refractivity contribution in [3.05, 3.63) is 59.1 Å². The fraction of sp³-hybridized carbons (Fsp3) is 0.167. The Bertz CT molecular complexity index is 833. The molecule has 0 unspecified atom stereocenters. The summed E-state index contributed by atoms with van der Waals surface area (Å²) in [6.07, 6.45) is 0.559. The van der Waals surface area contributed by atoms with Crippen LogP contribution in [0.5, 0.6) is 0 Å². The van der Waals surface area contributed by atoms with E-state index in [4.69, 9.17) is 11.6 Å². The van der Waals surface area contributed by atoms with Gasteiger partial charge in [0.05, 0.1) is 5.69 Å². The van der Waals surface area contributed by atoms with Gasteiger partial charge in [0.2, 0.25) is 5.91 Å². The summed E-state index contributed by atoms with van der Waals surface area (Å²) in [4.78, 5) is 24.6. The number of benzene rings is 2. The lowest BCUT2D eigenvalue weighted by molar-refractivity contribution is -0.118. The maximum absolute atomic E-state index is 12.4. The highest BCUT2D eigenvalue weighted by atomic mass is 35.5. The SMILES string of the molecule is Cc1cccc(N2N=C(C(=O)Nc3cccc(Cl)c3)CCC2=O)c1. The van der Waals surface area contributed by atoms with E-state index in [-0.39, 0.29) is 18.2 Å². The van der Waals surface area contributed by atoms with Crippen molar-refractivity contribution in [1.29, 1.82) is 0 Å². The number of carbonyl (C=O) groups is 2. The number of hydrogen-bond acceptors (Lipinski definition) is 3. The highest BCUT2D eigenvalue weighted by Gasteiger charge is 2.25. The number of hydrazone groups is 1. The highest BCUT2D eigenvalue weighted by molar-refractivity contribution is 6.44. The third-order valence-electron chi connectivity index (χ3n) is 3.62. The molecule has 2 amide bonds. The van der Waals surface area contributed by atoms with E-state index in [0.717, 1.165) is 5.56 Å². The van der Waals surface area contributed by atoms with Crippen LogP contribution >= 0.6 is 11.6 Å². The summed E-state index contributed by atoms with van der Waals surface area (Å²) in [5.74, 6) is -0.456. The minimum atomic E-state index is -0.331. The summed E-state index contributed by atoms with van der Waals surface area (Å²) < 4.78 is 0. The van der Waals surface area contributed by atoms with Gasteiger partial charge in [0, 0.05) is 23.6 Å². The van der Waals surface area contributed by atoms with Gasteiger partial charge in [-0.25, -0.2) is 5.01 Å². The number of carbonyl (C=O) groups excluding carboxylic acids is 2. The number of rotatable bonds is 3. The summed E-state index contributed by atoms with van der Waals surface area (Å²) in [5.41, 5.74) is 2.59. The van der Waals surface area contributed by atoms with Crippen molar-refractivity contribution >= 4 is 40.5 Å². The summed E-state index contributed by atoms with van der Waals surface area (Å²) in [6.45, 7) is 1.94. The van der Waals surface area contributed by atoms with Gasteiger partial charge in [-0.2, -0.15) is 5.10 Å². The van der Waals surface area contributed by atoms with E-state index in [9.17, 15) is 9.59 Å². The predicted molar refractivity (Wildman–Crippen MR) is 95.4 cm³/mol. The van der Waals surface area contributed by atoms with Crippen LogP contribution in [0.3, 0.4) is 0 Å². The molecular weight excluding hydrogens is 326 g/mol. The van der Waals surface area contributed by atoms with Crippen molar-refractivity contribution in [3.8, 4) is 0 Å². The quantitative estimate of drug-likeness (QED) is 0.923. The second-order valence-electron chi connectivity index (χ2n) is 5.56. The number of halogens is 1. The van der Waals surface area contributed by atoms with Gasteiger partial charge in [-0.1, -0.05) is 29.8 Å². The molecule has 24 heavy (non-hydrogen) atoms. The van der Waals surface area contributed by atoms with E-state index in [2.05, 4.69) is 10.4 Å². The van der Waals surface area contributed by atoms with Crippen LogP contribution in [-0.2, 0) is 9.59 Å². The molecular formula is C18H16ClN3O2. The van der Waals surface area contributed by atoms with E-state index in [1.165, 1.54) is 5.01 Å². The molecule has 2 aromatic rings. The van der Waals surface area contributed by atoms with Crippen LogP contribution < -0.4 is 10.3 Å². The molecule has 1 aliphatic heterocycles. The Hall–Kier alpha value is -2.66. The zero-order valence-corrected chi connectivity index (χ0v) is 13.9. The summed E-state index contributed by atoms with van der Waals surface area (Å²) in [6, 6.07) is 14.3. The van der Waals surface area contributed by atoms with Crippen molar-refractivity contribution in [1.82, 2.24) is 0 Å². The molecule has 0 atom stereocenters. The van der Waals surface area contributed by atoms with Crippen molar-refractivity contribution in [2.45, 2.75) is 19.8 Å². The Labute approximate surface area is 144 Å². The maximum atomic E-state index is 12.4. The molecule has 0 bridgehead atoms. The van der Waals surface area contributed by atoms with Gasteiger partial charge >= 0.3 is 0 Å². The first-order valence-electron chi connectivity index (χ1n) is 7.57. The van der Waals surface area contributed by atoms with Gasteiger partial charge in [0.1, 0.15) is 5.71 Å². The third kappa shape index (κ3) is 3.63. The maximum Gasteiger partial charge on any atom is 0.271 e. The minimum Gasteiger partial charge on any atom is -0.321 e. The molecule has 3 rings (SSSR count). The standard InChI is InChI=1S/C18H16ClN3O2/c1-12-4-2-7-15(10-12)22-17(23)9-8-16(21-22)18(24)20-14-6-3-5-13(19)11-14/h2-7,10-11H,8-9H2,1H3,(H,20,24). The van der Waals surface area contributed by atoms with Crippen LogP contribution in [0.4, 0.5) is 11.4 Å². The Morgan fingerprint density at radius 2 is 1.96 bits per heavy atom. The number of nitrogens with zero attached hydrogens (tertiary/aromatic N) is 2. The van der Waals surface area contributed by atoms with Gasteiger partial charge in [-0.05, 0) is 42.8 Å². The van der Waals surface area contributed by atoms with Crippen LogP contribution in [0.1, 0.15) is 18.4 Å². The molecule has 2 aromatic carbocycles. The molecule has 0 saturated carbocycles. The van der Waals surface area contributed by atoms with Crippen LogP contribution in [0.15, 0.2) is 53.6 Å². The summed E-state index contributed by atoms with van der Waals surface area (Å²) >= 11 is 5.92. The molecule has 0 aliphatic carbocycles. The van der Waals surface area contributed by atoms with Gasteiger partial charge in [0.15, 0.2) is 0 Å². The molecule has 0 saturated heterocycles. The first-order valence-corrected chi connectivity index (χ1v) is 7.95. The highest BCUT2D eigenvalue weighted by Crippen LogP contribution is 2.22. The normalized spacial score (nSPS) is 14.3. The van der Waals surface area contributed by atoms with E-state index in [1.54, 1.807) is 30.3 Å². The lowest BCUT2D eigenvalue weighted by atomic mass is 10.1. The lowest BCUT2D eigenvalue weighted by Crippen LogP contribution is -2.36. The molecule has 1 N–H and O–H groups in total. The van der Waals surface area contributed by atoms with Gasteiger partial charge in [-0.3, -0.25) is 9.59 Å². The summed E-state index contributed by atoms with van der Waals surface area (Å²) in [5, 5.41) is 8.84. The van der Waals surface area contributed by atoms with E-state index >= 15 is 0 Å². The number of aryl methyl sites for hydroxylation is 1. The number of anilines is 2. The van der Waals surface area contributed by atoms with Crippen LogP contribution in [0.2, 0.25) is 5.02 Å². The average Bonchev–Trinajstić information content (AvgIpc) is 2.55. The van der Waals surface area contributed by atoms with E-state index in [1.807, 2.05) is 25.1 Å². The topological polar surface area (TPSA) is 61.8 Å². The van der Waals surface area contributed by atoms with Gasteiger partial charge in [-0.15, -0.1) is 0 Å². The van der Waals surface area contributed by atoms with Gasteiger partial charge in [0.25, 0.3) is 5.91 Å². The minimum absolute atomic E-state index is 0.125. The van der Waals surface area contributed by atoms with Crippen LogP contribution in [-0.4, -0.2) is 17.5 Å². The average molecular weight is 342 g/mol. The molecule has 0 aromatic heterocycles. The summed E-state index contributed by atoms with van der Waals surface area (Å²) in [7, 11) is 0. The Morgan fingerprint density at radius 1 is 1.17 bits per heavy atom. The predicted octanol–water partition coefficient (Wildman–Crippen LogP) is 3.77. The van der Waals surface area contributed by atoms with Crippen molar-refractivity contribution in [3.63, 3.8) is 0 Å². The molecule has 0 fully saturated rings. The molecule has 0 spiro atoms. The molecule has 6 heteroatoms. The second kappa shape index (κ2) is 6.84. The van der Waals surface area contributed by atoms with Crippen molar-refractivity contribution in [2.24, 2.45) is 5.10 Å². The zero-order chi connectivity index (χ0) is 17.1. The third-order valence-corrected chi connectivity index (χ3v) is 3.86. The molecule has 5 nitrogen and oxygen atoms in total. The number of amides is 2. The Kier molecular flexibility index (Phi) is 4.62. The molecule has 0 radical (unpaired) electrons. The van der Waals surface area contributed by atoms with Crippen molar-refractivity contribution < 1.29 is 9.59 Å². The zero-order valence-electron chi connectivity index (χ0n) is 13.1. The molecule has 1 heterocycles. The van der Waals surface area contributed by atoms with E-state index < -0.39 is 0 Å². The Morgan fingerprint density at radius 3 is 2.71 bits per heavy atom. The number of hydrogen-bond donors (Lipinski definition) is 1. The van der Waals surface area contributed by atoms with Crippen molar-refractivity contribution in [2.75, 3.05) is 10.3 Å². The lowest BCUT2D eigenvalue weighted by Gasteiger charge is -2.23. The second-order valence-corrected chi connectivity index (χ2v) is 5.99.